The number of carbonyl (C=O) groups excluding carboxylic acids is 1. The minimum Gasteiger partial charge on any atom is -0.352 e. The molecule has 0 bridgehead atoms. The SMILES string of the molecule is O=C(CC1CCS(=O)(=O)CC1)NCc1ccc(F)cc1. The van der Waals surface area contributed by atoms with Crippen LogP contribution in [-0.2, 0) is 21.2 Å². The fourth-order valence-corrected chi connectivity index (χ4v) is 3.87. The third kappa shape index (κ3) is 4.59. The minimum absolute atomic E-state index is 0.0846. The first-order valence-corrected chi connectivity index (χ1v) is 8.48. The fraction of sp³-hybridized carbons (Fsp3) is 0.500. The summed E-state index contributed by atoms with van der Waals surface area (Å²) < 4.78 is 35.3. The summed E-state index contributed by atoms with van der Waals surface area (Å²) in [4.78, 5) is 11.8. The van der Waals surface area contributed by atoms with E-state index in [9.17, 15) is 17.6 Å². The largest absolute Gasteiger partial charge is 0.352 e. The van der Waals surface area contributed by atoms with Crippen molar-refractivity contribution in [2.24, 2.45) is 5.92 Å². The van der Waals surface area contributed by atoms with Crippen molar-refractivity contribution in [3.05, 3.63) is 35.6 Å². The van der Waals surface area contributed by atoms with Crippen molar-refractivity contribution in [3.8, 4) is 0 Å². The van der Waals surface area contributed by atoms with E-state index in [1.165, 1.54) is 12.1 Å². The van der Waals surface area contributed by atoms with Crippen molar-refractivity contribution >= 4 is 15.7 Å². The van der Waals surface area contributed by atoms with Crippen LogP contribution in [0.4, 0.5) is 4.39 Å². The first-order valence-electron chi connectivity index (χ1n) is 6.66. The first kappa shape index (κ1) is 15.0. The lowest BCUT2D eigenvalue weighted by Crippen LogP contribution is -2.29. The van der Waals surface area contributed by atoms with Crippen LogP contribution in [0.1, 0.15) is 24.8 Å². The highest BCUT2D eigenvalue weighted by molar-refractivity contribution is 7.91. The second-order valence-electron chi connectivity index (χ2n) is 5.20. The highest BCUT2D eigenvalue weighted by Crippen LogP contribution is 2.21. The molecule has 1 amide bonds. The molecule has 1 aliphatic heterocycles. The zero-order chi connectivity index (χ0) is 14.6. The molecular formula is C14H18FNO3S. The zero-order valence-electron chi connectivity index (χ0n) is 11.1. The van der Waals surface area contributed by atoms with Crippen LogP contribution in [0.5, 0.6) is 0 Å². The summed E-state index contributed by atoms with van der Waals surface area (Å²) in [6, 6.07) is 5.96. The summed E-state index contributed by atoms with van der Waals surface area (Å²) in [6.07, 6.45) is 1.48. The van der Waals surface area contributed by atoms with Crippen LogP contribution >= 0.6 is 0 Å². The van der Waals surface area contributed by atoms with Gasteiger partial charge >= 0.3 is 0 Å². The molecule has 0 unspecified atom stereocenters. The van der Waals surface area contributed by atoms with Gasteiger partial charge in [-0.25, -0.2) is 12.8 Å². The molecule has 20 heavy (non-hydrogen) atoms. The lowest BCUT2D eigenvalue weighted by Gasteiger charge is -2.21. The summed E-state index contributed by atoms with van der Waals surface area (Å²) in [5.74, 6) is 0.125. The van der Waals surface area contributed by atoms with Crippen LogP contribution in [0, 0.1) is 11.7 Å². The molecule has 0 atom stereocenters. The standard InChI is InChI=1S/C14H18FNO3S/c15-13-3-1-12(2-4-13)10-16-14(17)9-11-5-7-20(18,19)8-6-11/h1-4,11H,5-10H2,(H,16,17). The quantitative estimate of drug-likeness (QED) is 0.919. The molecular weight excluding hydrogens is 281 g/mol. The van der Waals surface area contributed by atoms with Gasteiger partial charge in [0.2, 0.25) is 5.91 Å². The van der Waals surface area contributed by atoms with Crippen molar-refractivity contribution in [2.45, 2.75) is 25.8 Å². The molecule has 1 N–H and O–H groups in total. The predicted octanol–water partition coefficient (Wildman–Crippen LogP) is 1.66. The number of halogens is 1. The van der Waals surface area contributed by atoms with Crippen LogP contribution < -0.4 is 5.32 Å². The van der Waals surface area contributed by atoms with E-state index in [1.807, 2.05) is 0 Å². The van der Waals surface area contributed by atoms with Crippen LogP contribution in [0.3, 0.4) is 0 Å². The minimum atomic E-state index is -2.88. The predicted molar refractivity (Wildman–Crippen MR) is 74.2 cm³/mol. The molecule has 6 heteroatoms. The number of carbonyl (C=O) groups is 1. The molecule has 110 valence electrons. The molecule has 0 spiro atoms. The maximum atomic E-state index is 12.7. The number of hydrogen-bond donors (Lipinski definition) is 1. The Morgan fingerprint density at radius 1 is 1.20 bits per heavy atom. The lowest BCUT2D eigenvalue weighted by atomic mass is 9.98. The van der Waals surface area contributed by atoms with Gasteiger partial charge in [0.15, 0.2) is 0 Å². The molecule has 1 aliphatic rings. The lowest BCUT2D eigenvalue weighted by molar-refractivity contribution is -0.122. The first-order chi connectivity index (χ1) is 9.44. The second-order valence-corrected chi connectivity index (χ2v) is 7.51. The molecule has 2 rings (SSSR count). The smallest absolute Gasteiger partial charge is 0.220 e. The summed E-state index contributed by atoms with van der Waals surface area (Å²) in [6.45, 7) is 0.365. The van der Waals surface area contributed by atoms with Crippen LogP contribution in [0.15, 0.2) is 24.3 Å². The normalized spacial score (nSPS) is 18.6. The Hall–Kier alpha value is -1.43. The third-order valence-electron chi connectivity index (χ3n) is 3.55. The van der Waals surface area contributed by atoms with Gasteiger partial charge < -0.3 is 5.32 Å². The van der Waals surface area contributed by atoms with E-state index >= 15 is 0 Å². The van der Waals surface area contributed by atoms with Crippen molar-refractivity contribution in [3.63, 3.8) is 0 Å². The Morgan fingerprint density at radius 3 is 2.40 bits per heavy atom. The zero-order valence-corrected chi connectivity index (χ0v) is 12.0. The third-order valence-corrected chi connectivity index (χ3v) is 5.27. The Bertz CT molecular complexity index is 555. The van der Waals surface area contributed by atoms with Crippen LogP contribution in [0.2, 0.25) is 0 Å². The van der Waals surface area contributed by atoms with E-state index in [0.29, 0.717) is 25.8 Å². The number of benzene rings is 1. The van der Waals surface area contributed by atoms with Gasteiger partial charge in [0.1, 0.15) is 15.7 Å². The number of sulfone groups is 1. The molecule has 0 aliphatic carbocycles. The Balaban J connectivity index is 1.74. The maximum Gasteiger partial charge on any atom is 0.220 e. The molecule has 1 saturated heterocycles. The summed E-state index contributed by atoms with van der Waals surface area (Å²) in [5.41, 5.74) is 0.839. The van der Waals surface area contributed by atoms with E-state index in [-0.39, 0.29) is 29.1 Å². The van der Waals surface area contributed by atoms with Crippen LogP contribution in [-0.4, -0.2) is 25.8 Å². The number of nitrogens with one attached hydrogen (secondary N) is 1. The van der Waals surface area contributed by atoms with E-state index in [2.05, 4.69) is 5.32 Å². The highest BCUT2D eigenvalue weighted by atomic mass is 32.2. The highest BCUT2D eigenvalue weighted by Gasteiger charge is 2.25. The topological polar surface area (TPSA) is 63.2 Å². The molecule has 1 fully saturated rings. The van der Waals surface area contributed by atoms with Gasteiger partial charge in [-0.15, -0.1) is 0 Å². The van der Waals surface area contributed by atoms with Crippen molar-refractivity contribution in [1.29, 1.82) is 0 Å². The Kier molecular flexibility index (Phi) is 4.75. The van der Waals surface area contributed by atoms with Gasteiger partial charge in [0.25, 0.3) is 0 Å². The molecule has 1 aromatic rings. The molecule has 4 nitrogen and oxygen atoms in total. The van der Waals surface area contributed by atoms with Crippen molar-refractivity contribution in [2.75, 3.05) is 11.5 Å². The van der Waals surface area contributed by atoms with Crippen LogP contribution in [0.25, 0.3) is 0 Å². The van der Waals surface area contributed by atoms with Gasteiger partial charge in [-0.3, -0.25) is 4.79 Å². The number of rotatable bonds is 4. The van der Waals surface area contributed by atoms with Crippen molar-refractivity contribution < 1.29 is 17.6 Å². The van der Waals surface area contributed by atoms with Gasteiger partial charge in [-0.05, 0) is 36.5 Å². The summed E-state index contributed by atoms with van der Waals surface area (Å²) in [7, 11) is -2.88. The monoisotopic (exact) mass is 299 g/mol. The molecule has 0 radical (unpaired) electrons. The molecule has 0 aromatic heterocycles. The average Bonchev–Trinajstić information content (AvgIpc) is 2.41. The van der Waals surface area contributed by atoms with Crippen molar-refractivity contribution in [1.82, 2.24) is 5.32 Å². The van der Waals surface area contributed by atoms with Gasteiger partial charge in [-0.2, -0.15) is 0 Å². The summed E-state index contributed by atoms with van der Waals surface area (Å²) >= 11 is 0. The summed E-state index contributed by atoms with van der Waals surface area (Å²) in [5, 5.41) is 2.78. The van der Waals surface area contributed by atoms with E-state index in [1.54, 1.807) is 12.1 Å². The van der Waals surface area contributed by atoms with E-state index in [4.69, 9.17) is 0 Å². The maximum absolute atomic E-state index is 12.7. The number of amides is 1. The second kappa shape index (κ2) is 6.35. The fourth-order valence-electron chi connectivity index (χ4n) is 2.28. The van der Waals surface area contributed by atoms with Gasteiger partial charge in [0, 0.05) is 13.0 Å². The van der Waals surface area contributed by atoms with Gasteiger partial charge in [-0.1, -0.05) is 12.1 Å². The van der Waals surface area contributed by atoms with E-state index < -0.39 is 9.84 Å². The van der Waals surface area contributed by atoms with E-state index in [0.717, 1.165) is 5.56 Å². The average molecular weight is 299 g/mol. The molecule has 1 heterocycles. The Labute approximate surface area is 118 Å². The number of hydrogen-bond acceptors (Lipinski definition) is 3. The molecule has 1 aromatic carbocycles. The molecule has 0 saturated carbocycles. The van der Waals surface area contributed by atoms with Gasteiger partial charge in [0.05, 0.1) is 11.5 Å². The Morgan fingerprint density at radius 2 is 1.80 bits per heavy atom.